The first-order chi connectivity index (χ1) is 9.63. The van der Waals surface area contributed by atoms with Crippen LogP contribution in [0.15, 0.2) is 5.16 Å². The second-order valence-electron chi connectivity index (χ2n) is 5.18. The molecule has 0 unspecified atom stereocenters. The van der Waals surface area contributed by atoms with Gasteiger partial charge in [0.1, 0.15) is 4.83 Å². The van der Waals surface area contributed by atoms with Crippen molar-refractivity contribution in [3.05, 3.63) is 10.4 Å². The summed E-state index contributed by atoms with van der Waals surface area (Å²) in [6.07, 6.45) is 3.13. The number of hydrogen-bond acceptors (Lipinski definition) is 7. The maximum Gasteiger partial charge on any atom is 0.190 e. The molecule has 2 aromatic heterocycles. The van der Waals surface area contributed by atoms with E-state index in [2.05, 4.69) is 29.2 Å². The van der Waals surface area contributed by atoms with Gasteiger partial charge in [0, 0.05) is 11.3 Å². The third-order valence-electron chi connectivity index (χ3n) is 3.61. The number of nitrogens with two attached hydrogens (primary N) is 1. The lowest BCUT2D eigenvalue weighted by Gasteiger charge is -2.26. The molecule has 1 aliphatic rings. The Balaban J connectivity index is 2.15. The second kappa shape index (κ2) is 5.48. The smallest absolute Gasteiger partial charge is 0.190 e. The van der Waals surface area contributed by atoms with Crippen LogP contribution >= 0.6 is 23.1 Å². The van der Waals surface area contributed by atoms with E-state index in [1.54, 1.807) is 11.3 Å². The maximum absolute atomic E-state index is 5.93. The van der Waals surface area contributed by atoms with Crippen LogP contribution in [0, 0.1) is 5.92 Å². The maximum atomic E-state index is 5.93. The molecule has 0 bridgehead atoms. The minimum atomic E-state index is 0.256. The van der Waals surface area contributed by atoms with E-state index in [1.165, 1.54) is 22.2 Å². The van der Waals surface area contributed by atoms with Crippen LogP contribution in [-0.2, 0) is 17.8 Å². The summed E-state index contributed by atoms with van der Waals surface area (Å²) in [5, 5.41) is 1.81. The first-order valence-electron chi connectivity index (χ1n) is 6.58. The molecule has 20 heavy (non-hydrogen) atoms. The Morgan fingerprint density at radius 2 is 2.25 bits per heavy atom. The van der Waals surface area contributed by atoms with Crippen molar-refractivity contribution in [1.82, 2.24) is 9.97 Å². The molecule has 0 saturated carbocycles. The van der Waals surface area contributed by atoms with Crippen LogP contribution in [0.1, 0.15) is 24.3 Å². The summed E-state index contributed by atoms with van der Waals surface area (Å²) in [6, 6.07) is 0. The van der Waals surface area contributed by atoms with Crippen molar-refractivity contribution in [3.63, 3.8) is 0 Å². The molecule has 3 rings (SSSR count). The number of anilines is 1. The number of rotatable bonds is 3. The van der Waals surface area contributed by atoms with Crippen molar-refractivity contribution < 1.29 is 4.74 Å². The summed E-state index contributed by atoms with van der Waals surface area (Å²) in [4.78, 5) is 11.3. The predicted molar refractivity (Wildman–Crippen MR) is 84.1 cm³/mol. The molecule has 0 fully saturated rings. The van der Waals surface area contributed by atoms with Crippen LogP contribution in [0.4, 0.5) is 5.82 Å². The van der Waals surface area contributed by atoms with Gasteiger partial charge < -0.3 is 10.2 Å². The zero-order chi connectivity index (χ0) is 14.3. The van der Waals surface area contributed by atoms with Gasteiger partial charge in [-0.05, 0) is 17.7 Å². The number of nitrogen functional groups attached to an aromatic ring is 1. The highest BCUT2D eigenvalue weighted by molar-refractivity contribution is 7.98. The molecular weight excluding hydrogens is 292 g/mol. The molecule has 0 amide bonds. The van der Waals surface area contributed by atoms with E-state index in [9.17, 15) is 0 Å². The average Bonchev–Trinajstić information content (AvgIpc) is 2.83. The Hall–Kier alpha value is -0.890. The first-order valence-corrected chi connectivity index (χ1v) is 8.62. The molecule has 1 atom stereocenters. The number of ether oxygens (including phenoxy) is 1. The fraction of sp³-hybridized carbons (Fsp3) is 0.538. The van der Waals surface area contributed by atoms with E-state index in [1.807, 2.05) is 6.26 Å². The Labute approximate surface area is 126 Å². The Morgan fingerprint density at radius 3 is 2.90 bits per heavy atom. The largest absolute Gasteiger partial charge is 0.372 e. The summed E-state index contributed by atoms with van der Waals surface area (Å²) in [5.74, 6) is 6.87. The monoisotopic (exact) mass is 310 g/mol. The summed E-state index contributed by atoms with van der Waals surface area (Å²) < 4.78 is 5.93. The van der Waals surface area contributed by atoms with Gasteiger partial charge in [0.2, 0.25) is 0 Å². The molecule has 7 heteroatoms. The van der Waals surface area contributed by atoms with Gasteiger partial charge in [-0.15, -0.1) is 11.3 Å². The highest BCUT2D eigenvalue weighted by Crippen LogP contribution is 2.39. The van der Waals surface area contributed by atoms with Crippen molar-refractivity contribution >= 4 is 39.1 Å². The minimum absolute atomic E-state index is 0.256. The number of nitrogens with zero attached hydrogens (tertiary/aromatic N) is 2. The minimum Gasteiger partial charge on any atom is -0.372 e. The van der Waals surface area contributed by atoms with E-state index in [0.717, 1.165) is 27.6 Å². The lowest BCUT2D eigenvalue weighted by Crippen LogP contribution is -2.26. The normalized spacial score (nSPS) is 18.6. The average molecular weight is 310 g/mol. The van der Waals surface area contributed by atoms with Crippen molar-refractivity contribution in [3.8, 4) is 0 Å². The molecular formula is C13H18N4OS2. The van der Waals surface area contributed by atoms with Gasteiger partial charge in [-0.1, -0.05) is 25.6 Å². The van der Waals surface area contributed by atoms with Gasteiger partial charge in [0.15, 0.2) is 11.0 Å². The number of hydrazine groups is 1. The number of aromatic nitrogens is 2. The van der Waals surface area contributed by atoms with Gasteiger partial charge in [0.05, 0.1) is 18.1 Å². The SMILES string of the molecule is CSc1nc(NN)c2c3c(sc2n1)CO[C@@H](C(C)C)C3. The van der Waals surface area contributed by atoms with Crippen LogP contribution in [-0.4, -0.2) is 22.3 Å². The summed E-state index contributed by atoms with van der Waals surface area (Å²) in [6.45, 7) is 5.04. The lowest BCUT2D eigenvalue weighted by atomic mass is 9.96. The molecule has 1 aliphatic heterocycles. The highest BCUT2D eigenvalue weighted by Gasteiger charge is 2.27. The second-order valence-corrected chi connectivity index (χ2v) is 7.04. The fourth-order valence-electron chi connectivity index (χ4n) is 2.48. The van der Waals surface area contributed by atoms with Crippen LogP contribution in [0.2, 0.25) is 0 Å². The molecule has 3 N–H and O–H groups in total. The predicted octanol–water partition coefficient (Wildman–Crippen LogP) is 2.80. The van der Waals surface area contributed by atoms with Gasteiger partial charge in [-0.3, -0.25) is 0 Å². The summed E-state index contributed by atoms with van der Waals surface area (Å²) >= 11 is 3.21. The molecule has 5 nitrogen and oxygen atoms in total. The van der Waals surface area contributed by atoms with Gasteiger partial charge >= 0.3 is 0 Å². The van der Waals surface area contributed by atoms with Gasteiger partial charge in [-0.2, -0.15) is 0 Å². The number of fused-ring (bicyclic) bond motifs is 3. The number of hydrogen-bond donors (Lipinski definition) is 2. The lowest BCUT2D eigenvalue weighted by molar-refractivity contribution is 0.00203. The van der Waals surface area contributed by atoms with Crippen molar-refractivity contribution in [2.75, 3.05) is 11.7 Å². The number of thioether (sulfide) groups is 1. The van der Waals surface area contributed by atoms with E-state index in [0.29, 0.717) is 12.5 Å². The zero-order valence-electron chi connectivity index (χ0n) is 11.8. The fourth-order valence-corrected chi connectivity index (χ4v) is 4.03. The van der Waals surface area contributed by atoms with Gasteiger partial charge in [-0.25, -0.2) is 15.8 Å². The molecule has 0 spiro atoms. The highest BCUT2D eigenvalue weighted by atomic mass is 32.2. The number of thiophene rings is 1. The molecule has 0 aromatic carbocycles. The quantitative estimate of drug-likeness (QED) is 0.393. The third-order valence-corrected chi connectivity index (χ3v) is 5.26. The van der Waals surface area contributed by atoms with Crippen LogP contribution in [0.3, 0.4) is 0 Å². The molecule has 3 heterocycles. The van der Waals surface area contributed by atoms with Gasteiger partial charge in [0.25, 0.3) is 0 Å². The molecule has 0 saturated heterocycles. The van der Waals surface area contributed by atoms with Crippen LogP contribution < -0.4 is 11.3 Å². The first kappa shape index (κ1) is 14.1. The van der Waals surface area contributed by atoms with E-state index in [4.69, 9.17) is 10.6 Å². The topological polar surface area (TPSA) is 73.1 Å². The molecule has 0 aliphatic carbocycles. The third kappa shape index (κ3) is 2.28. The summed E-state index contributed by atoms with van der Waals surface area (Å²) in [7, 11) is 0. The van der Waals surface area contributed by atoms with E-state index >= 15 is 0 Å². The van der Waals surface area contributed by atoms with E-state index < -0.39 is 0 Å². The summed E-state index contributed by atoms with van der Waals surface area (Å²) in [5.41, 5.74) is 4.03. The van der Waals surface area contributed by atoms with Crippen LogP contribution in [0.5, 0.6) is 0 Å². The van der Waals surface area contributed by atoms with Crippen molar-refractivity contribution in [2.24, 2.45) is 11.8 Å². The van der Waals surface area contributed by atoms with E-state index in [-0.39, 0.29) is 6.10 Å². The van der Waals surface area contributed by atoms with Crippen LogP contribution in [0.25, 0.3) is 10.2 Å². The zero-order valence-corrected chi connectivity index (χ0v) is 13.4. The Kier molecular flexibility index (Phi) is 3.85. The van der Waals surface area contributed by atoms with Crippen molar-refractivity contribution in [1.29, 1.82) is 0 Å². The Bertz CT molecular complexity index is 641. The Morgan fingerprint density at radius 1 is 1.45 bits per heavy atom. The standard InChI is InChI=1S/C13H18N4OS2/c1-6(2)8-4-7-9(5-18-8)20-12-10(7)11(17-14)15-13(16-12)19-3/h6,8H,4-5,14H2,1-3H3,(H,15,16,17)/t8-/m1/s1. The molecule has 0 radical (unpaired) electrons. The van der Waals surface area contributed by atoms with Crippen molar-refractivity contribution in [2.45, 2.75) is 38.1 Å². The molecule has 2 aromatic rings. The molecule has 108 valence electrons. The number of nitrogens with one attached hydrogen (secondary N) is 1.